The van der Waals surface area contributed by atoms with E-state index in [9.17, 15) is 24.0 Å². The van der Waals surface area contributed by atoms with Gasteiger partial charge in [0, 0.05) is 64.3 Å². The molecule has 2 aromatic heterocycles. The van der Waals surface area contributed by atoms with Crippen molar-refractivity contribution in [2.24, 2.45) is 4.99 Å². The highest BCUT2D eigenvalue weighted by Crippen LogP contribution is 2.39. The Labute approximate surface area is 316 Å². The number of rotatable bonds is 15. The van der Waals surface area contributed by atoms with Crippen LogP contribution in [0.1, 0.15) is 87.8 Å². The number of fused-ring (bicyclic) bond motifs is 3. The number of aliphatic imine (C=N–C) groups is 1. The Morgan fingerprint density at radius 1 is 1.00 bits per heavy atom. The fraction of sp³-hybridized carbons (Fsp3) is 0.351. The Morgan fingerprint density at radius 3 is 2.45 bits per heavy atom. The van der Waals surface area contributed by atoms with Gasteiger partial charge in [0.05, 0.1) is 12.1 Å². The van der Waals surface area contributed by atoms with E-state index in [1.165, 1.54) is 0 Å². The van der Waals surface area contributed by atoms with Crippen LogP contribution in [0.2, 0.25) is 5.02 Å². The molecule has 2 atom stereocenters. The number of aldehydes is 1. The minimum atomic E-state index is -0.697. The molecule has 278 valence electrons. The lowest BCUT2D eigenvalue weighted by Crippen LogP contribution is -2.42. The highest BCUT2D eigenvalue weighted by molar-refractivity contribution is 7.15. The second-order valence-electron chi connectivity index (χ2n) is 12.9. The van der Waals surface area contributed by atoms with Gasteiger partial charge in [-0.1, -0.05) is 35.9 Å². The zero-order valence-corrected chi connectivity index (χ0v) is 31.7. The van der Waals surface area contributed by atoms with Gasteiger partial charge >= 0.3 is 0 Å². The predicted molar refractivity (Wildman–Crippen MR) is 203 cm³/mol. The zero-order valence-electron chi connectivity index (χ0n) is 30.2. The molecule has 2 aromatic carbocycles. The lowest BCUT2D eigenvalue weighted by Gasteiger charge is -2.26. The number of nitrogens with one attached hydrogen (secondary N) is 4. The summed E-state index contributed by atoms with van der Waals surface area (Å²) < 4.78 is 1.95. The van der Waals surface area contributed by atoms with E-state index < -0.39 is 17.9 Å². The molecule has 0 bridgehead atoms. The molecule has 0 saturated carbocycles. The zero-order chi connectivity index (χ0) is 38.2. The normalized spacial score (nSPS) is 13.9. The lowest BCUT2D eigenvalue weighted by molar-refractivity contribution is -0.129. The van der Waals surface area contributed by atoms with Crippen LogP contribution in [0.5, 0.6) is 0 Å². The van der Waals surface area contributed by atoms with Gasteiger partial charge in [-0.3, -0.25) is 54.6 Å². The van der Waals surface area contributed by atoms with Crippen LogP contribution in [-0.2, 0) is 25.7 Å². The molecule has 1 unspecified atom stereocenters. The van der Waals surface area contributed by atoms with Crippen LogP contribution in [-0.4, -0.2) is 75.4 Å². The summed E-state index contributed by atoms with van der Waals surface area (Å²) in [6.07, 6.45) is 1.77. The summed E-state index contributed by atoms with van der Waals surface area (Å²) in [7, 11) is 1.88. The van der Waals surface area contributed by atoms with E-state index in [1.807, 2.05) is 48.6 Å². The topological polar surface area (TPSA) is 180 Å². The van der Waals surface area contributed by atoms with Gasteiger partial charge in [-0.25, -0.2) is 0 Å². The van der Waals surface area contributed by atoms with Gasteiger partial charge in [-0.05, 0) is 70.5 Å². The van der Waals surface area contributed by atoms with Crippen LogP contribution in [0.3, 0.4) is 0 Å². The number of anilines is 1. The van der Waals surface area contributed by atoms with E-state index in [1.54, 1.807) is 35.6 Å². The Hall–Kier alpha value is -5.25. The smallest absolute Gasteiger partial charge is 0.241 e. The molecule has 4 aromatic rings. The number of hydrogen-bond acceptors (Lipinski definition) is 11. The van der Waals surface area contributed by atoms with E-state index in [4.69, 9.17) is 16.6 Å². The van der Waals surface area contributed by atoms with Crippen LogP contribution < -0.4 is 21.5 Å². The molecular weight excluding hydrogens is 718 g/mol. The van der Waals surface area contributed by atoms with Crippen molar-refractivity contribution in [2.75, 3.05) is 18.9 Å². The summed E-state index contributed by atoms with van der Waals surface area (Å²) >= 11 is 7.82. The maximum absolute atomic E-state index is 13.3. The number of amides is 4. The summed E-state index contributed by atoms with van der Waals surface area (Å²) in [5.41, 5.74) is 10.5. The molecule has 0 fully saturated rings. The summed E-state index contributed by atoms with van der Waals surface area (Å²) in [6, 6.07) is 12.0. The maximum atomic E-state index is 13.3. The van der Waals surface area contributed by atoms with Gasteiger partial charge < -0.3 is 5.32 Å². The van der Waals surface area contributed by atoms with Crippen molar-refractivity contribution in [1.82, 2.24) is 35.8 Å². The van der Waals surface area contributed by atoms with Gasteiger partial charge in [0.2, 0.25) is 24.1 Å². The molecular formula is C37H42ClN9O5S. The second-order valence-corrected chi connectivity index (χ2v) is 14.5. The molecule has 4 N–H and O–H groups in total. The Kier molecular flexibility index (Phi) is 12.9. The lowest BCUT2D eigenvalue weighted by atomic mass is 9.99. The van der Waals surface area contributed by atoms with Crippen molar-refractivity contribution in [1.29, 1.82) is 0 Å². The predicted octanol–water partition coefficient (Wildman–Crippen LogP) is 4.52. The standard InChI is InChI=1S/C37H42ClN9O5S/c1-21(9-14-31(50)40-20-49)46(5)18-28-26(19-48)7-6-8-29(28)39-16-15-32(51)43-44-33(52)17-30-36-45-42-24(4)47(36)37-34(22(2)23(3)53-37)35(41-30)25-10-12-27(38)13-11-25/h6-8,10-13,19-21,30,39H,9,14-18H2,1-5H3,(H,43,51)(H,44,52)(H,40,49,50)/t21?,30-/m0/s1. The number of thiophene rings is 1. The molecule has 1 aliphatic heterocycles. The van der Waals surface area contributed by atoms with Crippen LogP contribution >= 0.6 is 22.9 Å². The molecule has 0 aliphatic carbocycles. The third-order valence-corrected chi connectivity index (χ3v) is 10.7. The minimum absolute atomic E-state index is 0.0244. The van der Waals surface area contributed by atoms with Gasteiger partial charge in [-0.15, -0.1) is 21.5 Å². The molecule has 1 aliphatic rings. The number of halogens is 1. The Balaban J connectivity index is 1.22. The first-order valence-corrected chi connectivity index (χ1v) is 18.3. The molecule has 0 spiro atoms. The van der Waals surface area contributed by atoms with Gasteiger partial charge in [0.25, 0.3) is 0 Å². The van der Waals surface area contributed by atoms with E-state index in [2.05, 4.69) is 45.5 Å². The number of hydrogen-bond donors (Lipinski definition) is 4. The fourth-order valence-corrected chi connectivity index (χ4v) is 7.37. The van der Waals surface area contributed by atoms with Crippen molar-refractivity contribution in [3.8, 4) is 5.00 Å². The van der Waals surface area contributed by atoms with E-state index in [0.29, 0.717) is 47.3 Å². The maximum Gasteiger partial charge on any atom is 0.241 e. The van der Waals surface area contributed by atoms with Gasteiger partial charge in [0.1, 0.15) is 23.2 Å². The molecule has 4 amide bonds. The first-order valence-electron chi connectivity index (χ1n) is 17.1. The highest BCUT2D eigenvalue weighted by Gasteiger charge is 2.32. The van der Waals surface area contributed by atoms with E-state index in [0.717, 1.165) is 44.1 Å². The quantitative estimate of drug-likeness (QED) is 0.100. The van der Waals surface area contributed by atoms with Gasteiger partial charge in [0.15, 0.2) is 5.82 Å². The van der Waals surface area contributed by atoms with Crippen molar-refractivity contribution >= 4 is 64.8 Å². The summed E-state index contributed by atoms with van der Waals surface area (Å²) in [6.45, 7) is 8.56. The summed E-state index contributed by atoms with van der Waals surface area (Å²) in [5.74, 6) is -0.0336. The van der Waals surface area contributed by atoms with Crippen LogP contribution in [0.4, 0.5) is 5.69 Å². The number of carbonyl (C=O) groups excluding carboxylic acids is 5. The number of aromatic nitrogens is 3. The van der Waals surface area contributed by atoms with Crippen molar-refractivity contribution in [3.05, 3.63) is 91.8 Å². The summed E-state index contributed by atoms with van der Waals surface area (Å²) in [4.78, 5) is 68.5. The van der Waals surface area contributed by atoms with E-state index >= 15 is 0 Å². The van der Waals surface area contributed by atoms with Crippen molar-refractivity contribution < 1.29 is 24.0 Å². The van der Waals surface area contributed by atoms with Gasteiger partial charge in [-0.2, -0.15) is 0 Å². The fourth-order valence-electron chi connectivity index (χ4n) is 6.03. The molecule has 0 radical (unpaired) electrons. The number of carbonyl (C=O) groups is 5. The molecule has 53 heavy (non-hydrogen) atoms. The largest absolute Gasteiger partial charge is 0.384 e. The third kappa shape index (κ3) is 9.22. The van der Waals surface area contributed by atoms with E-state index in [-0.39, 0.29) is 37.8 Å². The number of nitrogens with zero attached hydrogens (tertiary/aromatic N) is 5. The third-order valence-electron chi connectivity index (χ3n) is 9.25. The monoisotopic (exact) mass is 759 g/mol. The highest BCUT2D eigenvalue weighted by atomic mass is 35.5. The second kappa shape index (κ2) is 17.5. The number of imide groups is 1. The average Bonchev–Trinajstić information content (AvgIpc) is 3.62. The molecule has 5 rings (SSSR count). The van der Waals surface area contributed by atoms with Crippen LogP contribution in [0.15, 0.2) is 47.5 Å². The summed E-state index contributed by atoms with van der Waals surface area (Å²) in [5, 5.41) is 15.6. The average molecular weight is 760 g/mol. The number of benzene rings is 2. The van der Waals surface area contributed by atoms with Crippen LogP contribution in [0.25, 0.3) is 5.00 Å². The number of aryl methyl sites for hydroxylation is 2. The first-order chi connectivity index (χ1) is 25.4. The molecule has 16 heteroatoms. The van der Waals surface area contributed by atoms with Crippen LogP contribution in [0, 0.1) is 20.8 Å². The minimum Gasteiger partial charge on any atom is -0.384 e. The SMILES string of the molecule is Cc1sc2c(c1C)C(c1ccc(Cl)cc1)=N[C@@H](CC(=O)NNC(=O)CCNc1cccc(C=O)c1CN(C)C(C)CCC(=O)NC=O)c1nnc(C)n1-2. The molecule has 14 nitrogen and oxygen atoms in total. The Morgan fingerprint density at radius 2 is 1.74 bits per heavy atom. The molecule has 3 heterocycles. The van der Waals surface area contributed by atoms with Crippen molar-refractivity contribution in [2.45, 2.75) is 72.0 Å². The Bertz CT molecular complexity index is 2040. The molecule has 0 saturated heterocycles. The number of hydrazine groups is 1. The first kappa shape index (κ1) is 39.0. The van der Waals surface area contributed by atoms with Crippen molar-refractivity contribution in [3.63, 3.8) is 0 Å².